The van der Waals surface area contributed by atoms with Crippen LogP contribution in [0.1, 0.15) is 130 Å². The SMILES string of the molecule is CCCCC[C@@H](O)/C=C/C=C\C=C\C=C\[C@@H](O)[C@H](O)CCCC(=O)OC[C@H](COP(=O)(O)OC[C@@H](O)CO)OC(=O)CCCCCCCCCCC(C)C. The number of unbranched alkanes of at least 4 members (excludes halogenated alkanes) is 9. The lowest BCUT2D eigenvalue weighted by molar-refractivity contribution is -0.161. The van der Waals surface area contributed by atoms with Crippen LogP contribution in [0.25, 0.3) is 0 Å². The van der Waals surface area contributed by atoms with Gasteiger partial charge < -0.3 is 39.9 Å². The first-order valence-corrected chi connectivity index (χ1v) is 21.3. The Labute approximate surface area is 323 Å². The summed E-state index contributed by atoms with van der Waals surface area (Å²) in [5.41, 5.74) is 0. The van der Waals surface area contributed by atoms with Crippen LogP contribution in [0.2, 0.25) is 0 Å². The molecule has 0 aromatic heterocycles. The summed E-state index contributed by atoms with van der Waals surface area (Å²) in [5, 5.41) is 48.6. The average molecular weight is 791 g/mol. The monoisotopic (exact) mass is 790 g/mol. The van der Waals surface area contributed by atoms with Crippen molar-refractivity contribution in [3.63, 3.8) is 0 Å². The Morgan fingerprint density at radius 3 is 1.83 bits per heavy atom. The Kier molecular flexibility index (Phi) is 32.7. The van der Waals surface area contributed by atoms with Crippen molar-refractivity contribution in [2.45, 2.75) is 160 Å². The maximum atomic E-state index is 12.5. The number of esters is 2. The van der Waals surface area contributed by atoms with Crippen molar-refractivity contribution in [1.29, 1.82) is 0 Å². The molecule has 0 aliphatic heterocycles. The highest BCUT2D eigenvalue weighted by Crippen LogP contribution is 2.43. The first-order chi connectivity index (χ1) is 25.8. The summed E-state index contributed by atoms with van der Waals surface area (Å²) in [4.78, 5) is 34.9. The zero-order valence-corrected chi connectivity index (χ0v) is 33.8. The molecule has 1 unspecified atom stereocenters. The highest BCUT2D eigenvalue weighted by atomic mass is 31.2. The van der Waals surface area contributed by atoms with Gasteiger partial charge in [-0.15, -0.1) is 0 Å². The van der Waals surface area contributed by atoms with Gasteiger partial charge in [-0.25, -0.2) is 4.57 Å². The molecular formula is C40H71O13P. The Bertz CT molecular complexity index is 1110. The van der Waals surface area contributed by atoms with Crippen LogP contribution in [0.5, 0.6) is 0 Å². The molecule has 0 aromatic carbocycles. The molecule has 0 aliphatic rings. The molecule has 0 saturated carbocycles. The maximum Gasteiger partial charge on any atom is 0.472 e. The summed E-state index contributed by atoms with van der Waals surface area (Å²) in [6.45, 7) is 4.10. The molecule has 54 heavy (non-hydrogen) atoms. The number of aliphatic hydroxyl groups is 5. The molecule has 14 heteroatoms. The van der Waals surface area contributed by atoms with Crippen LogP contribution in [-0.4, -0.2) is 99.3 Å². The second-order valence-electron chi connectivity index (χ2n) is 14.0. The number of carbonyl (C=O) groups is 2. The minimum atomic E-state index is -4.70. The summed E-state index contributed by atoms with van der Waals surface area (Å²) in [6.07, 6.45) is 21.9. The van der Waals surface area contributed by atoms with Gasteiger partial charge in [0.15, 0.2) is 6.10 Å². The number of carbonyl (C=O) groups excluding carboxylic acids is 2. The van der Waals surface area contributed by atoms with Crippen LogP contribution < -0.4 is 0 Å². The molecule has 0 spiro atoms. The number of aliphatic hydroxyl groups excluding tert-OH is 5. The molecule has 0 aromatic rings. The maximum absolute atomic E-state index is 12.5. The number of ether oxygens (including phenoxy) is 2. The van der Waals surface area contributed by atoms with Crippen molar-refractivity contribution in [3.8, 4) is 0 Å². The number of allylic oxidation sites excluding steroid dienone is 6. The number of hydrogen-bond acceptors (Lipinski definition) is 12. The fourth-order valence-corrected chi connectivity index (χ4v) is 5.82. The Morgan fingerprint density at radius 2 is 1.20 bits per heavy atom. The van der Waals surface area contributed by atoms with Gasteiger partial charge in [-0.1, -0.05) is 140 Å². The van der Waals surface area contributed by atoms with Crippen molar-refractivity contribution in [2.24, 2.45) is 5.92 Å². The van der Waals surface area contributed by atoms with E-state index in [1.807, 2.05) is 0 Å². The minimum absolute atomic E-state index is 0.0972. The molecule has 0 amide bonds. The third-order valence-corrected chi connectivity index (χ3v) is 9.23. The van der Waals surface area contributed by atoms with E-state index in [0.29, 0.717) is 6.42 Å². The van der Waals surface area contributed by atoms with Crippen LogP contribution in [-0.2, 0) is 32.7 Å². The van der Waals surface area contributed by atoms with Crippen molar-refractivity contribution in [3.05, 3.63) is 48.6 Å². The van der Waals surface area contributed by atoms with Gasteiger partial charge in [0, 0.05) is 12.8 Å². The van der Waals surface area contributed by atoms with Gasteiger partial charge in [-0.05, 0) is 31.6 Å². The number of rotatable bonds is 35. The summed E-state index contributed by atoms with van der Waals surface area (Å²) >= 11 is 0. The summed E-state index contributed by atoms with van der Waals surface area (Å²) < 4.78 is 32.3. The van der Waals surface area contributed by atoms with Crippen molar-refractivity contribution < 1.29 is 63.1 Å². The third-order valence-electron chi connectivity index (χ3n) is 8.28. The van der Waals surface area contributed by atoms with E-state index in [1.165, 1.54) is 31.8 Å². The van der Waals surface area contributed by atoms with Gasteiger partial charge in [0.05, 0.1) is 38.1 Å². The minimum Gasteiger partial charge on any atom is -0.462 e. The quantitative estimate of drug-likeness (QED) is 0.0175. The molecule has 6 atom stereocenters. The summed E-state index contributed by atoms with van der Waals surface area (Å²) in [6, 6.07) is 0. The summed E-state index contributed by atoms with van der Waals surface area (Å²) in [7, 11) is -4.70. The average Bonchev–Trinajstić information content (AvgIpc) is 3.13. The highest BCUT2D eigenvalue weighted by Gasteiger charge is 2.27. The second-order valence-corrected chi connectivity index (χ2v) is 15.5. The molecule has 0 radical (unpaired) electrons. The van der Waals surface area contributed by atoms with E-state index >= 15 is 0 Å². The van der Waals surface area contributed by atoms with E-state index in [-0.39, 0.29) is 25.7 Å². The normalized spacial score (nSPS) is 16.3. The lowest BCUT2D eigenvalue weighted by Crippen LogP contribution is -2.30. The molecule has 0 rings (SSSR count). The third kappa shape index (κ3) is 33.2. The standard InChI is InChI=1S/C40H71O13P/c1-4-5-16-23-34(42)24-18-13-10-11-14-19-25-37(44)38(45)26-21-28-39(46)50-31-36(32-52-54(48,49)51-30-35(43)29-41)53-40(47)27-20-15-9-7-6-8-12-17-22-33(2)3/h10-11,13-14,18-19,24-25,33-38,41-45H,4-9,12,15-17,20-23,26-32H2,1-3H3,(H,48,49)/b13-10-,14-11+,24-18+,25-19+/t34-,35+,36-,37-,38-/m1/s1. The predicted molar refractivity (Wildman–Crippen MR) is 209 cm³/mol. The van der Waals surface area contributed by atoms with Crippen LogP contribution in [0.15, 0.2) is 48.6 Å². The van der Waals surface area contributed by atoms with Gasteiger partial charge in [0.1, 0.15) is 12.7 Å². The zero-order valence-electron chi connectivity index (χ0n) is 32.9. The van der Waals surface area contributed by atoms with E-state index in [2.05, 4.69) is 25.3 Å². The molecular weight excluding hydrogens is 719 g/mol. The predicted octanol–water partition coefficient (Wildman–Crippen LogP) is 6.54. The first kappa shape index (κ1) is 51.8. The molecule has 0 heterocycles. The smallest absolute Gasteiger partial charge is 0.462 e. The van der Waals surface area contributed by atoms with Gasteiger partial charge >= 0.3 is 19.8 Å². The van der Waals surface area contributed by atoms with E-state index in [9.17, 15) is 39.5 Å². The largest absolute Gasteiger partial charge is 0.472 e. The molecule has 314 valence electrons. The van der Waals surface area contributed by atoms with Gasteiger partial charge in [-0.2, -0.15) is 0 Å². The van der Waals surface area contributed by atoms with Crippen molar-refractivity contribution in [2.75, 3.05) is 26.4 Å². The Balaban J connectivity index is 4.70. The highest BCUT2D eigenvalue weighted by molar-refractivity contribution is 7.47. The van der Waals surface area contributed by atoms with E-state index < -0.39 is 76.7 Å². The summed E-state index contributed by atoms with van der Waals surface area (Å²) in [5.74, 6) is -0.531. The van der Waals surface area contributed by atoms with Gasteiger partial charge in [0.2, 0.25) is 0 Å². The number of phosphoric ester groups is 1. The van der Waals surface area contributed by atoms with Crippen LogP contribution in [0.4, 0.5) is 0 Å². The molecule has 0 aliphatic carbocycles. The number of hydrogen-bond donors (Lipinski definition) is 6. The van der Waals surface area contributed by atoms with Crippen molar-refractivity contribution >= 4 is 19.8 Å². The topological polar surface area (TPSA) is 210 Å². The molecule has 6 N–H and O–H groups in total. The number of phosphoric acid groups is 1. The van der Waals surface area contributed by atoms with E-state index in [1.54, 1.807) is 42.5 Å². The fraction of sp³-hybridized carbons (Fsp3) is 0.750. The lowest BCUT2D eigenvalue weighted by atomic mass is 10.0. The lowest BCUT2D eigenvalue weighted by Gasteiger charge is -2.20. The molecule has 0 bridgehead atoms. The molecule has 0 fully saturated rings. The van der Waals surface area contributed by atoms with Crippen LogP contribution in [0.3, 0.4) is 0 Å². The second kappa shape index (κ2) is 34.1. The molecule has 13 nitrogen and oxygen atoms in total. The van der Waals surface area contributed by atoms with Crippen LogP contribution in [0, 0.1) is 5.92 Å². The van der Waals surface area contributed by atoms with Gasteiger partial charge in [-0.3, -0.25) is 18.6 Å². The van der Waals surface area contributed by atoms with Gasteiger partial charge in [0.25, 0.3) is 0 Å². The van der Waals surface area contributed by atoms with E-state index in [4.69, 9.17) is 19.1 Å². The Hall–Kier alpha value is -2.19. The fourth-order valence-electron chi connectivity index (χ4n) is 5.03. The molecule has 0 saturated heterocycles. The Morgan fingerprint density at radius 1 is 0.648 bits per heavy atom. The van der Waals surface area contributed by atoms with Crippen LogP contribution >= 0.6 is 7.82 Å². The van der Waals surface area contributed by atoms with E-state index in [0.717, 1.165) is 57.3 Å². The van der Waals surface area contributed by atoms with Crippen molar-refractivity contribution in [1.82, 2.24) is 0 Å². The zero-order chi connectivity index (χ0) is 40.5. The first-order valence-electron chi connectivity index (χ1n) is 19.8.